The van der Waals surface area contributed by atoms with E-state index in [0.29, 0.717) is 0 Å². The molecule has 2 nitrogen and oxygen atoms in total. The van der Waals surface area contributed by atoms with Crippen molar-refractivity contribution in [3.8, 4) is 11.1 Å². The molecule has 0 atom stereocenters. The molecule has 0 amide bonds. The lowest BCUT2D eigenvalue weighted by Gasteiger charge is -2.29. The van der Waals surface area contributed by atoms with Crippen LogP contribution in [0.3, 0.4) is 0 Å². The predicted molar refractivity (Wildman–Crippen MR) is 202 cm³/mol. The Labute approximate surface area is 275 Å². The number of nitrogens with zero attached hydrogens (tertiary/aromatic N) is 1. The Hall–Kier alpha value is -5.90. The van der Waals surface area contributed by atoms with Crippen LogP contribution in [0.2, 0.25) is 0 Å². The van der Waals surface area contributed by atoms with Crippen LogP contribution in [-0.4, -0.2) is 0 Å². The van der Waals surface area contributed by atoms with Crippen LogP contribution in [0, 0.1) is 0 Å². The molecule has 2 aromatic heterocycles. The monoisotopic (exact) mass is 617 g/mol. The van der Waals surface area contributed by atoms with Crippen molar-refractivity contribution in [2.45, 2.75) is 0 Å². The molecule has 0 spiro atoms. The standard InChI is InChI=1S/C44H27NOS/c1-2-14-30-27-41-36(26-29(30)13-1)43-34(19-11-24-40(43)46-41)32-17-5-7-21-38(32)45(37-22-9-15-28-12-3-4-16-31(28)37)39-23-10-20-35-33-18-6-8-25-42(33)47-44(35)39/h1-27H. The largest absolute Gasteiger partial charge is 0.456 e. The van der Waals surface area contributed by atoms with Gasteiger partial charge in [-0.2, -0.15) is 0 Å². The average Bonchev–Trinajstić information content (AvgIpc) is 3.69. The molecular formula is C44H27NOS. The van der Waals surface area contributed by atoms with Crippen LogP contribution in [0.15, 0.2) is 168 Å². The fraction of sp³-hybridized carbons (Fsp3) is 0. The van der Waals surface area contributed by atoms with Gasteiger partial charge in [0.25, 0.3) is 0 Å². The summed E-state index contributed by atoms with van der Waals surface area (Å²) in [6.45, 7) is 0. The topological polar surface area (TPSA) is 16.4 Å². The Morgan fingerprint density at radius 3 is 1.94 bits per heavy atom. The summed E-state index contributed by atoms with van der Waals surface area (Å²) in [4.78, 5) is 2.48. The number of para-hydroxylation sites is 1. The minimum atomic E-state index is 0.894. The number of rotatable bonds is 4. The van der Waals surface area contributed by atoms with Gasteiger partial charge < -0.3 is 9.32 Å². The molecule has 0 saturated heterocycles. The normalized spacial score (nSPS) is 11.8. The highest BCUT2D eigenvalue weighted by atomic mass is 32.1. The van der Waals surface area contributed by atoms with Gasteiger partial charge in [0.05, 0.1) is 21.8 Å². The summed E-state index contributed by atoms with van der Waals surface area (Å²) >= 11 is 1.86. The zero-order valence-corrected chi connectivity index (χ0v) is 26.2. The molecule has 10 aromatic rings. The molecule has 0 N–H and O–H groups in total. The number of hydrogen-bond acceptors (Lipinski definition) is 3. The average molecular weight is 618 g/mol. The SMILES string of the molecule is c1ccc(N(c2cccc3ccccc23)c2cccc3c2sc2ccccc23)c(-c2cccc3oc4cc5ccccc5cc4c23)c1. The molecule has 0 radical (unpaired) electrons. The summed E-state index contributed by atoms with van der Waals surface area (Å²) in [6, 6.07) is 59.0. The molecule has 8 aromatic carbocycles. The van der Waals surface area contributed by atoms with Crippen molar-refractivity contribution in [1.82, 2.24) is 0 Å². The van der Waals surface area contributed by atoms with Gasteiger partial charge in [0.15, 0.2) is 0 Å². The molecule has 0 aliphatic heterocycles. The Balaban J connectivity index is 1.30. The fourth-order valence-electron chi connectivity index (χ4n) is 7.33. The van der Waals surface area contributed by atoms with E-state index in [9.17, 15) is 0 Å². The van der Waals surface area contributed by atoms with Gasteiger partial charge in [0.1, 0.15) is 11.2 Å². The van der Waals surface area contributed by atoms with Gasteiger partial charge in [-0.3, -0.25) is 0 Å². The Kier molecular flexibility index (Phi) is 5.78. The first-order chi connectivity index (χ1) is 23.3. The minimum absolute atomic E-state index is 0.894. The molecule has 3 heteroatoms. The van der Waals surface area contributed by atoms with E-state index < -0.39 is 0 Å². The summed E-state index contributed by atoms with van der Waals surface area (Å²) < 4.78 is 9.10. The minimum Gasteiger partial charge on any atom is -0.456 e. The van der Waals surface area contributed by atoms with E-state index in [-0.39, 0.29) is 0 Å². The van der Waals surface area contributed by atoms with Crippen LogP contribution >= 0.6 is 11.3 Å². The van der Waals surface area contributed by atoms with Crippen molar-refractivity contribution in [1.29, 1.82) is 0 Å². The first-order valence-electron chi connectivity index (χ1n) is 15.9. The van der Waals surface area contributed by atoms with Gasteiger partial charge in [-0.15, -0.1) is 11.3 Å². The lowest BCUT2D eigenvalue weighted by Crippen LogP contribution is -2.12. The van der Waals surface area contributed by atoms with Crippen LogP contribution in [-0.2, 0) is 0 Å². The smallest absolute Gasteiger partial charge is 0.136 e. The second kappa shape index (κ2) is 10.3. The Bertz CT molecular complexity index is 2820. The predicted octanol–water partition coefficient (Wildman–Crippen LogP) is 13.4. The van der Waals surface area contributed by atoms with Crippen LogP contribution in [0.1, 0.15) is 0 Å². The van der Waals surface area contributed by atoms with E-state index in [1.54, 1.807) is 0 Å². The first kappa shape index (κ1) is 26.3. The van der Waals surface area contributed by atoms with Crippen LogP contribution < -0.4 is 4.90 Å². The maximum absolute atomic E-state index is 6.53. The van der Waals surface area contributed by atoms with Crippen LogP contribution in [0.5, 0.6) is 0 Å². The summed E-state index contributed by atoms with van der Waals surface area (Å²) in [6.07, 6.45) is 0. The summed E-state index contributed by atoms with van der Waals surface area (Å²) in [5.41, 5.74) is 7.55. The molecular weight excluding hydrogens is 591 g/mol. The van der Waals surface area contributed by atoms with E-state index in [2.05, 4.69) is 169 Å². The van der Waals surface area contributed by atoms with Gasteiger partial charge in [-0.25, -0.2) is 0 Å². The van der Waals surface area contributed by atoms with E-state index >= 15 is 0 Å². The second-order valence-electron chi connectivity index (χ2n) is 12.1. The highest BCUT2D eigenvalue weighted by Gasteiger charge is 2.24. The van der Waals surface area contributed by atoms with E-state index in [0.717, 1.165) is 44.4 Å². The number of hydrogen-bond donors (Lipinski definition) is 0. The summed E-state index contributed by atoms with van der Waals surface area (Å²) in [7, 11) is 0. The molecule has 0 aliphatic rings. The van der Waals surface area contributed by atoms with Gasteiger partial charge in [0.2, 0.25) is 0 Å². The molecule has 0 fully saturated rings. The Morgan fingerprint density at radius 2 is 1.02 bits per heavy atom. The zero-order valence-electron chi connectivity index (χ0n) is 25.4. The molecule has 0 bridgehead atoms. The third-order valence-electron chi connectivity index (χ3n) is 9.43. The van der Waals surface area contributed by atoms with E-state index in [1.165, 1.54) is 47.4 Å². The maximum atomic E-state index is 6.53. The maximum Gasteiger partial charge on any atom is 0.136 e. The van der Waals surface area contributed by atoms with Gasteiger partial charge in [0, 0.05) is 37.2 Å². The number of thiophene rings is 1. The van der Waals surface area contributed by atoms with Crippen molar-refractivity contribution < 1.29 is 4.42 Å². The van der Waals surface area contributed by atoms with Crippen molar-refractivity contribution in [3.05, 3.63) is 164 Å². The third-order valence-corrected chi connectivity index (χ3v) is 10.6. The first-order valence-corrected chi connectivity index (χ1v) is 16.7. The third kappa shape index (κ3) is 4.04. The number of fused-ring (bicyclic) bond motifs is 8. The molecule has 10 rings (SSSR count). The number of furan rings is 1. The van der Waals surface area contributed by atoms with Crippen molar-refractivity contribution >= 4 is 92.1 Å². The number of benzene rings is 8. The van der Waals surface area contributed by atoms with E-state index in [4.69, 9.17) is 4.42 Å². The molecule has 220 valence electrons. The molecule has 0 saturated carbocycles. The highest BCUT2D eigenvalue weighted by Crippen LogP contribution is 2.50. The van der Waals surface area contributed by atoms with Crippen LogP contribution in [0.4, 0.5) is 17.1 Å². The van der Waals surface area contributed by atoms with Crippen LogP contribution in [0.25, 0.3) is 74.8 Å². The fourth-order valence-corrected chi connectivity index (χ4v) is 8.54. The quantitative estimate of drug-likeness (QED) is 0.195. The summed E-state index contributed by atoms with van der Waals surface area (Å²) in [5, 5.41) is 9.65. The molecule has 0 unspecified atom stereocenters. The highest BCUT2D eigenvalue weighted by molar-refractivity contribution is 7.26. The van der Waals surface area contributed by atoms with Crippen molar-refractivity contribution in [3.63, 3.8) is 0 Å². The summed E-state index contributed by atoms with van der Waals surface area (Å²) in [5.74, 6) is 0. The number of anilines is 3. The zero-order chi connectivity index (χ0) is 30.9. The lowest BCUT2D eigenvalue weighted by molar-refractivity contribution is 0.669. The Morgan fingerprint density at radius 1 is 0.404 bits per heavy atom. The molecule has 47 heavy (non-hydrogen) atoms. The van der Waals surface area contributed by atoms with Crippen molar-refractivity contribution in [2.75, 3.05) is 4.90 Å². The second-order valence-corrected chi connectivity index (χ2v) is 13.1. The van der Waals surface area contributed by atoms with Gasteiger partial charge in [-0.05, 0) is 64.2 Å². The molecule has 2 heterocycles. The molecule has 0 aliphatic carbocycles. The van der Waals surface area contributed by atoms with Gasteiger partial charge >= 0.3 is 0 Å². The van der Waals surface area contributed by atoms with Gasteiger partial charge in [-0.1, -0.05) is 121 Å². The lowest BCUT2D eigenvalue weighted by atomic mass is 9.95. The van der Waals surface area contributed by atoms with E-state index in [1.807, 2.05) is 11.3 Å². The van der Waals surface area contributed by atoms with Crippen molar-refractivity contribution in [2.24, 2.45) is 0 Å².